The Labute approximate surface area is 151 Å². The van der Waals surface area contributed by atoms with Gasteiger partial charge in [0.15, 0.2) is 0 Å². The Hall–Kier alpha value is -3.22. The van der Waals surface area contributed by atoms with Crippen molar-refractivity contribution < 1.29 is 0 Å². The molecule has 1 aliphatic heterocycles. The Morgan fingerprint density at radius 1 is 1.15 bits per heavy atom. The second-order valence-electron chi connectivity index (χ2n) is 6.59. The van der Waals surface area contributed by atoms with Crippen LogP contribution in [0.3, 0.4) is 0 Å². The molecule has 0 radical (unpaired) electrons. The number of anilines is 1. The number of nitrogens with zero attached hydrogens (tertiary/aromatic N) is 7. The second kappa shape index (κ2) is 6.25. The summed E-state index contributed by atoms with van der Waals surface area (Å²) in [5.74, 6) is 1.68. The fourth-order valence-electron chi connectivity index (χ4n) is 3.72. The molecule has 0 spiro atoms. The standard InChI is InChI=1S/C19H19N7/c1-2-5-15(6-3-1)17-11-18(26-19(23-17)21-13-22-26)25-9-4-7-16(25)12-24-10-8-20-14-24/h1-3,5-6,8,10-11,13-14,16H,4,7,9,12H2. The molecule has 7 heteroatoms. The molecule has 1 unspecified atom stereocenters. The van der Waals surface area contributed by atoms with E-state index in [4.69, 9.17) is 0 Å². The van der Waals surface area contributed by atoms with Gasteiger partial charge in [0, 0.05) is 43.2 Å². The van der Waals surface area contributed by atoms with Gasteiger partial charge in [-0.3, -0.25) is 0 Å². The van der Waals surface area contributed by atoms with Crippen molar-refractivity contribution in [2.24, 2.45) is 0 Å². The summed E-state index contributed by atoms with van der Waals surface area (Å²) in [6.07, 6.45) is 9.61. The monoisotopic (exact) mass is 345 g/mol. The van der Waals surface area contributed by atoms with Crippen molar-refractivity contribution in [1.82, 2.24) is 29.1 Å². The molecule has 0 saturated carbocycles. The summed E-state index contributed by atoms with van der Waals surface area (Å²) in [5, 5.41) is 4.41. The number of rotatable bonds is 4. The van der Waals surface area contributed by atoms with Crippen molar-refractivity contribution in [3.05, 3.63) is 61.4 Å². The molecule has 5 rings (SSSR count). The first-order chi connectivity index (χ1) is 12.9. The lowest BCUT2D eigenvalue weighted by atomic mass is 10.1. The van der Waals surface area contributed by atoms with Gasteiger partial charge in [0.1, 0.15) is 12.1 Å². The Kier molecular flexibility index (Phi) is 3.62. The van der Waals surface area contributed by atoms with Gasteiger partial charge >= 0.3 is 0 Å². The Bertz CT molecular complexity index is 1010. The average molecular weight is 345 g/mol. The number of imidazole rings is 1. The predicted molar refractivity (Wildman–Crippen MR) is 98.8 cm³/mol. The minimum atomic E-state index is 0.405. The maximum atomic E-state index is 4.69. The zero-order chi connectivity index (χ0) is 17.3. The zero-order valence-electron chi connectivity index (χ0n) is 14.3. The largest absolute Gasteiger partial charge is 0.352 e. The Morgan fingerprint density at radius 2 is 2.08 bits per heavy atom. The highest BCUT2D eigenvalue weighted by molar-refractivity contribution is 5.66. The fraction of sp³-hybridized carbons (Fsp3) is 0.263. The first kappa shape index (κ1) is 15.1. The summed E-state index contributed by atoms with van der Waals surface area (Å²) in [4.78, 5) is 15.6. The van der Waals surface area contributed by atoms with E-state index < -0.39 is 0 Å². The number of aromatic nitrogens is 6. The van der Waals surface area contributed by atoms with Crippen LogP contribution in [0.15, 0.2) is 61.4 Å². The van der Waals surface area contributed by atoms with Gasteiger partial charge < -0.3 is 9.47 Å². The van der Waals surface area contributed by atoms with Crippen LogP contribution in [0.1, 0.15) is 12.8 Å². The van der Waals surface area contributed by atoms with E-state index >= 15 is 0 Å². The van der Waals surface area contributed by atoms with E-state index in [-0.39, 0.29) is 0 Å². The molecular weight excluding hydrogens is 326 g/mol. The van der Waals surface area contributed by atoms with Gasteiger partial charge in [0.25, 0.3) is 5.78 Å². The molecular formula is C19H19N7. The van der Waals surface area contributed by atoms with Crippen LogP contribution in [0.2, 0.25) is 0 Å². The summed E-state index contributed by atoms with van der Waals surface area (Å²) in [5.41, 5.74) is 2.01. The van der Waals surface area contributed by atoms with Crippen LogP contribution in [0.5, 0.6) is 0 Å². The van der Waals surface area contributed by atoms with Gasteiger partial charge in [-0.05, 0) is 12.8 Å². The summed E-state index contributed by atoms with van der Waals surface area (Å²) in [6, 6.07) is 12.8. The van der Waals surface area contributed by atoms with Crippen molar-refractivity contribution in [2.45, 2.75) is 25.4 Å². The smallest absolute Gasteiger partial charge is 0.254 e. The van der Waals surface area contributed by atoms with E-state index in [1.54, 1.807) is 6.33 Å². The van der Waals surface area contributed by atoms with Gasteiger partial charge in [-0.15, -0.1) is 0 Å². The first-order valence-electron chi connectivity index (χ1n) is 8.87. The van der Waals surface area contributed by atoms with Crippen LogP contribution < -0.4 is 4.90 Å². The van der Waals surface area contributed by atoms with E-state index in [2.05, 4.69) is 47.7 Å². The molecule has 130 valence electrons. The van der Waals surface area contributed by atoms with E-state index in [0.29, 0.717) is 11.8 Å². The highest BCUT2D eigenvalue weighted by Gasteiger charge is 2.28. The van der Waals surface area contributed by atoms with Gasteiger partial charge in [-0.25, -0.2) is 9.97 Å². The van der Waals surface area contributed by atoms with E-state index in [0.717, 1.165) is 36.6 Å². The molecule has 0 N–H and O–H groups in total. The lowest BCUT2D eigenvalue weighted by molar-refractivity contribution is 0.544. The minimum absolute atomic E-state index is 0.405. The third kappa shape index (κ3) is 2.61. The summed E-state index contributed by atoms with van der Waals surface area (Å²) < 4.78 is 3.99. The van der Waals surface area contributed by atoms with E-state index in [1.807, 2.05) is 41.4 Å². The lowest BCUT2D eigenvalue weighted by Gasteiger charge is -2.27. The summed E-state index contributed by atoms with van der Waals surface area (Å²) in [6.45, 7) is 1.92. The summed E-state index contributed by atoms with van der Waals surface area (Å²) in [7, 11) is 0. The maximum Gasteiger partial charge on any atom is 0.254 e. The number of benzene rings is 1. The highest BCUT2D eigenvalue weighted by atomic mass is 15.4. The molecule has 1 saturated heterocycles. The van der Waals surface area contributed by atoms with Gasteiger partial charge in [-0.2, -0.15) is 14.6 Å². The topological polar surface area (TPSA) is 64.1 Å². The molecule has 7 nitrogen and oxygen atoms in total. The van der Waals surface area contributed by atoms with Crippen LogP contribution >= 0.6 is 0 Å². The highest BCUT2D eigenvalue weighted by Crippen LogP contribution is 2.29. The van der Waals surface area contributed by atoms with Crippen LogP contribution in [-0.2, 0) is 6.54 Å². The quantitative estimate of drug-likeness (QED) is 0.569. The van der Waals surface area contributed by atoms with Crippen molar-refractivity contribution in [1.29, 1.82) is 0 Å². The van der Waals surface area contributed by atoms with Crippen molar-refractivity contribution in [3.63, 3.8) is 0 Å². The van der Waals surface area contributed by atoms with Crippen LogP contribution in [0.25, 0.3) is 17.0 Å². The van der Waals surface area contributed by atoms with Gasteiger partial charge in [0.05, 0.1) is 12.0 Å². The molecule has 4 aromatic rings. The van der Waals surface area contributed by atoms with Crippen LogP contribution in [-0.4, -0.2) is 41.7 Å². The van der Waals surface area contributed by atoms with E-state index in [1.165, 1.54) is 6.42 Å². The molecule has 0 bridgehead atoms. The first-order valence-corrected chi connectivity index (χ1v) is 8.87. The predicted octanol–water partition coefficient (Wildman–Crippen LogP) is 2.66. The Balaban J connectivity index is 1.58. The van der Waals surface area contributed by atoms with Gasteiger partial charge in [0.2, 0.25) is 0 Å². The van der Waals surface area contributed by atoms with Crippen molar-refractivity contribution >= 4 is 11.6 Å². The summed E-state index contributed by atoms with van der Waals surface area (Å²) >= 11 is 0. The fourth-order valence-corrected chi connectivity index (χ4v) is 3.72. The molecule has 1 atom stereocenters. The third-order valence-corrected chi connectivity index (χ3v) is 4.95. The number of fused-ring (bicyclic) bond motifs is 1. The molecule has 1 fully saturated rings. The molecule has 3 aromatic heterocycles. The SMILES string of the molecule is c1ccc(-c2cc(N3CCCC3Cn3ccnc3)n3ncnc3n2)cc1. The molecule has 0 amide bonds. The minimum Gasteiger partial charge on any atom is -0.352 e. The molecule has 4 heterocycles. The molecule has 0 aliphatic carbocycles. The normalized spacial score (nSPS) is 17.2. The maximum absolute atomic E-state index is 4.69. The third-order valence-electron chi connectivity index (χ3n) is 4.95. The second-order valence-corrected chi connectivity index (χ2v) is 6.59. The van der Waals surface area contributed by atoms with Crippen molar-refractivity contribution in [2.75, 3.05) is 11.4 Å². The molecule has 1 aromatic carbocycles. The van der Waals surface area contributed by atoms with E-state index in [9.17, 15) is 0 Å². The molecule has 1 aliphatic rings. The zero-order valence-corrected chi connectivity index (χ0v) is 14.3. The number of hydrogen-bond donors (Lipinski definition) is 0. The van der Waals surface area contributed by atoms with Crippen molar-refractivity contribution in [3.8, 4) is 11.3 Å². The average Bonchev–Trinajstić information content (AvgIpc) is 3.44. The van der Waals surface area contributed by atoms with Gasteiger partial charge in [-0.1, -0.05) is 30.3 Å². The van der Waals surface area contributed by atoms with Crippen LogP contribution in [0.4, 0.5) is 5.82 Å². The van der Waals surface area contributed by atoms with Crippen LogP contribution in [0, 0.1) is 0 Å². The number of hydrogen-bond acceptors (Lipinski definition) is 5. The lowest BCUT2D eigenvalue weighted by Crippen LogP contribution is -2.34. The Morgan fingerprint density at radius 3 is 2.92 bits per heavy atom. The molecule has 26 heavy (non-hydrogen) atoms.